The minimum absolute atomic E-state index is 0.235. The molecule has 0 aliphatic carbocycles. The van der Waals surface area contributed by atoms with E-state index in [-0.39, 0.29) is 10.9 Å². The van der Waals surface area contributed by atoms with Gasteiger partial charge in [0.2, 0.25) is 0 Å². The Morgan fingerprint density at radius 1 is 0.839 bits per heavy atom. The molecule has 2 aromatic rings. The molecule has 2 aromatic carbocycles. The maximum absolute atomic E-state index is 12.8. The van der Waals surface area contributed by atoms with Crippen molar-refractivity contribution in [2.75, 3.05) is 11.5 Å². The van der Waals surface area contributed by atoms with Gasteiger partial charge in [-0.05, 0) is 36.1 Å². The van der Waals surface area contributed by atoms with E-state index in [4.69, 9.17) is 13.0 Å². The van der Waals surface area contributed by atoms with E-state index in [1.165, 1.54) is 36.5 Å². The molecule has 1 aliphatic heterocycles. The predicted molar refractivity (Wildman–Crippen MR) is 107 cm³/mol. The van der Waals surface area contributed by atoms with Gasteiger partial charge < -0.3 is 4.55 Å². The van der Waals surface area contributed by atoms with Crippen molar-refractivity contribution in [1.82, 2.24) is 0 Å². The number of alkyl halides is 6. The smallest absolute Gasteiger partial charge is 0.485 e. The van der Waals surface area contributed by atoms with Crippen molar-refractivity contribution >= 4 is 26.6 Å². The van der Waals surface area contributed by atoms with E-state index in [0.29, 0.717) is 0 Å². The second kappa shape index (κ2) is 10.1. The molecule has 170 valence electrons. The van der Waals surface area contributed by atoms with Crippen LogP contribution in [0.25, 0.3) is 5.57 Å². The average molecular weight is 484 g/mol. The lowest BCUT2D eigenvalue weighted by Gasteiger charge is -2.10. The van der Waals surface area contributed by atoms with Crippen LogP contribution in [0.5, 0.6) is 0 Å². The minimum Gasteiger partial charge on any atom is -0.741 e. The fourth-order valence-corrected chi connectivity index (χ4v) is 4.92. The molecule has 0 saturated carbocycles. The van der Waals surface area contributed by atoms with Gasteiger partial charge >= 0.3 is 11.7 Å². The van der Waals surface area contributed by atoms with Crippen LogP contribution in [0.2, 0.25) is 0 Å². The van der Waals surface area contributed by atoms with Gasteiger partial charge in [0.25, 0.3) is 0 Å². The molecule has 0 spiro atoms. The van der Waals surface area contributed by atoms with Gasteiger partial charge in [-0.25, -0.2) is 8.42 Å². The van der Waals surface area contributed by atoms with Crippen LogP contribution in [-0.2, 0) is 27.2 Å². The highest BCUT2D eigenvalue weighted by Crippen LogP contribution is 2.32. The molecule has 0 amide bonds. The molecule has 3 nitrogen and oxygen atoms in total. The summed E-state index contributed by atoms with van der Waals surface area (Å²) in [6, 6.07) is 15.4. The molecule has 31 heavy (non-hydrogen) atoms. The van der Waals surface area contributed by atoms with Crippen LogP contribution in [0.3, 0.4) is 0 Å². The standard InChI is InChI=1S/C19H18F3S.CHF3O3S/c20-19(21,22)17-10-8-16(9-11-17)18(14-23-12-4-5-13-23)15-6-2-1-3-7-15;2-1(3,4)8(5,6)7/h1-3,6-11,14H,4-5,12-13H2;(H,5,6,7)/q+1;/p-1. The molecule has 0 N–H and O–H groups in total. The highest BCUT2D eigenvalue weighted by Gasteiger charge is 2.37. The van der Waals surface area contributed by atoms with Gasteiger partial charge in [0.15, 0.2) is 10.1 Å². The Bertz CT molecular complexity index is 976. The zero-order valence-electron chi connectivity index (χ0n) is 15.9. The molecule has 0 radical (unpaired) electrons. The van der Waals surface area contributed by atoms with Gasteiger partial charge in [0.05, 0.1) is 5.56 Å². The Balaban J connectivity index is 0.000000366. The van der Waals surface area contributed by atoms with Crippen molar-refractivity contribution in [1.29, 1.82) is 0 Å². The van der Waals surface area contributed by atoms with Gasteiger partial charge in [-0.2, -0.15) is 26.3 Å². The largest absolute Gasteiger partial charge is 0.741 e. The van der Waals surface area contributed by atoms with Crippen molar-refractivity contribution in [3.8, 4) is 0 Å². The molecule has 3 rings (SSSR count). The van der Waals surface area contributed by atoms with E-state index in [9.17, 15) is 26.3 Å². The number of halogens is 6. The van der Waals surface area contributed by atoms with Crippen molar-refractivity contribution in [3.63, 3.8) is 0 Å². The lowest BCUT2D eigenvalue weighted by molar-refractivity contribution is -0.137. The van der Waals surface area contributed by atoms with Crippen LogP contribution in [0.4, 0.5) is 26.3 Å². The fraction of sp³-hybridized carbons (Fsp3) is 0.300. The number of hydrogen-bond donors (Lipinski definition) is 0. The Kier molecular flexibility index (Phi) is 8.23. The van der Waals surface area contributed by atoms with Crippen LogP contribution < -0.4 is 0 Å². The Hall–Kier alpha value is -1.98. The van der Waals surface area contributed by atoms with Gasteiger partial charge in [-0.1, -0.05) is 42.5 Å². The first kappa shape index (κ1) is 25.3. The molecule has 1 saturated heterocycles. The first-order valence-electron chi connectivity index (χ1n) is 8.92. The highest BCUT2D eigenvalue weighted by atomic mass is 32.2. The molecular weight excluding hydrogens is 466 g/mol. The second-order valence-corrected chi connectivity index (χ2v) is 10.0. The first-order valence-corrected chi connectivity index (χ1v) is 12.0. The van der Waals surface area contributed by atoms with Crippen molar-refractivity contribution in [2.45, 2.75) is 24.5 Å². The fourth-order valence-electron chi connectivity index (χ4n) is 2.72. The summed E-state index contributed by atoms with van der Waals surface area (Å²) in [5.41, 5.74) is -3.29. The van der Waals surface area contributed by atoms with E-state index in [0.717, 1.165) is 16.7 Å². The second-order valence-electron chi connectivity index (χ2n) is 6.53. The van der Waals surface area contributed by atoms with Crippen molar-refractivity contribution < 1.29 is 39.3 Å². The van der Waals surface area contributed by atoms with E-state index in [2.05, 4.69) is 5.41 Å². The molecule has 0 aromatic heterocycles. The van der Waals surface area contributed by atoms with E-state index in [1.807, 2.05) is 30.3 Å². The minimum atomic E-state index is -6.09. The summed E-state index contributed by atoms with van der Waals surface area (Å²) in [6.45, 7) is 0. The summed E-state index contributed by atoms with van der Waals surface area (Å²) in [5.74, 6) is 2.38. The zero-order chi connectivity index (χ0) is 23.3. The van der Waals surface area contributed by atoms with E-state index >= 15 is 0 Å². The summed E-state index contributed by atoms with van der Waals surface area (Å²) in [4.78, 5) is 0. The average Bonchev–Trinajstić information content (AvgIpc) is 3.18. The normalized spacial score (nSPS) is 16.0. The van der Waals surface area contributed by atoms with Crippen LogP contribution in [0, 0.1) is 0 Å². The maximum atomic E-state index is 12.8. The molecule has 1 aliphatic rings. The monoisotopic (exact) mass is 484 g/mol. The van der Waals surface area contributed by atoms with Crippen molar-refractivity contribution in [2.24, 2.45) is 0 Å². The molecule has 1 heterocycles. The Morgan fingerprint density at radius 3 is 1.71 bits per heavy atom. The lowest BCUT2D eigenvalue weighted by atomic mass is 9.98. The van der Waals surface area contributed by atoms with Crippen molar-refractivity contribution in [3.05, 3.63) is 76.7 Å². The van der Waals surface area contributed by atoms with E-state index in [1.54, 1.807) is 12.1 Å². The summed E-state index contributed by atoms with van der Waals surface area (Å²) >= 11 is 0. The molecule has 1 fully saturated rings. The Labute approximate surface area is 178 Å². The SMILES string of the molecule is FC(F)(F)c1ccc(C(=C[S+]2CCCC2)c2ccccc2)cc1.O=S(=O)([O-])C(F)(F)F. The summed E-state index contributed by atoms with van der Waals surface area (Å²) < 4.78 is 97.2. The molecule has 11 heteroatoms. The van der Waals surface area contributed by atoms with Gasteiger partial charge in [0, 0.05) is 16.5 Å². The van der Waals surface area contributed by atoms with E-state index < -0.39 is 27.4 Å². The van der Waals surface area contributed by atoms with Crippen LogP contribution in [-0.4, -0.2) is 30.0 Å². The summed E-state index contributed by atoms with van der Waals surface area (Å²) in [7, 11) is -5.86. The third kappa shape index (κ3) is 7.58. The number of rotatable bonds is 3. The number of hydrogen-bond acceptors (Lipinski definition) is 3. The zero-order valence-corrected chi connectivity index (χ0v) is 17.5. The summed E-state index contributed by atoms with van der Waals surface area (Å²) in [5, 5.41) is 2.27. The molecule has 0 atom stereocenters. The molecule has 0 bridgehead atoms. The molecular formula is C20H18F6O3S2. The third-order valence-corrected chi connectivity index (χ3v) is 7.00. The van der Waals surface area contributed by atoms with Crippen LogP contribution >= 0.6 is 0 Å². The summed E-state index contributed by atoms with van der Waals surface area (Å²) in [6.07, 6.45) is -1.80. The van der Waals surface area contributed by atoms with Gasteiger partial charge in [-0.15, -0.1) is 0 Å². The quantitative estimate of drug-likeness (QED) is 0.248. The number of benzene rings is 2. The van der Waals surface area contributed by atoms with Gasteiger partial charge in [-0.3, -0.25) is 0 Å². The molecule has 0 unspecified atom stereocenters. The third-order valence-electron chi connectivity index (χ3n) is 4.24. The van der Waals surface area contributed by atoms with Crippen LogP contribution in [0.1, 0.15) is 29.5 Å². The lowest BCUT2D eigenvalue weighted by Crippen LogP contribution is -2.21. The highest BCUT2D eigenvalue weighted by molar-refractivity contribution is 8.00. The van der Waals surface area contributed by atoms with Crippen LogP contribution in [0.15, 0.2) is 60.0 Å². The maximum Gasteiger partial charge on any atom is 0.485 e. The first-order chi connectivity index (χ1) is 14.3. The van der Waals surface area contributed by atoms with Gasteiger partial charge in [0.1, 0.15) is 16.9 Å². The predicted octanol–water partition coefficient (Wildman–Crippen LogP) is 5.56. The topological polar surface area (TPSA) is 57.2 Å². The Morgan fingerprint density at radius 2 is 1.29 bits per heavy atom.